The number of aromatic nitrogens is 3. The van der Waals surface area contributed by atoms with Crippen molar-refractivity contribution in [3.05, 3.63) is 23.5 Å². The monoisotopic (exact) mass is 325 g/mol. The van der Waals surface area contributed by atoms with Crippen molar-refractivity contribution in [2.24, 2.45) is 0 Å². The van der Waals surface area contributed by atoms with Crippen LogP contribution >= 0.6 is 0 Å². The number of nitrogens with one attached hydrogen (secondary N) is 3. The first-order chi connectivity index (χ1) is 11.8. The van der Waals surface area contributed by atoms with Crippen molar-refractivity contribution in [3.8, 4) is 0 Å². The van der Waals surface area contributed by atoms with Gasteiger partial charge in [0.1, 0.15) is 5.60 Å². The molecule has 2 aromatic heterocycles. The van der Waals surface area contributed by atoms with Gasteiger partial charge in [0, 0.05) is 11.6 Å². The van der Waals surface area contributed by atoms with E-state index in [1.807, 2.05) is 6.20 Å². The average molecular weight is 325 g/mol. The molecule has 0 saturated heterocycles. The average Bonchev–Trinajstić information content (AvgIpc) is 3.03. The molecule has 3 heterocycles. The predicted molar refractivity (Wildman–Crippen MR) is 93.3 cm³/mol. The van der Waals surface area contributed by atoms with Gasteiger partial charge in [-0.15, -0.1) is 0 Å². The third-order valence-electron chi connectivity index (χ3n) is 5.43. The number of aromatic amines is 1. The SMILES string of the molecule is CCc1nc2[nH]ncc2c(NC2CC2)c1C1=CC2(CCCC2)ON1. The molecular formula is C18H23N5O. The Bertz CT molecular complexity index is 814. The first kappa shape index (κ1) is 14.3. The van der Waals surface area contributed by atoms with E-state index < -0.39 is 0 Å². The van der Waals surface area contributed by atoms with Crippen molar-refractivity contribution >= 4 is 22.4 Å². The number of hydrogen-bond acceptors (Lipinski definition) is 5. The molecule has 3 aliphatic rings. The van der Waals surface area contributed by atoms with Crippen LogP contribution in [0, 0.1) is 0 Å². The standard InChI is InChI=1S/C18H23N5O/c1-2-13-15(14-9-18(24-23-14)7-3-4-8-18)16(20-11-5-6-11)12-10-19-22-17(12)21-13/h9-11,23H,2-8H2,1H3,(H2,19,20,21,22). The number of rotatable bonds is 4. The van der Waals surface area contributed by atoms with Gasteiger partial charge in [-0.3, -0.25) is 15.4 Å². The highest BCUT2D eigenvalue weighted by Gasteiger charge is 2.39. The number of pyridine rings is 1. The van der Waals surface area contributed by atoms with E-state index in [1.165, 1.54) is 25.7 Å². The van der Waals surface area contributed by atoms with Crippen molar-refractivity contribution in [3.63, 3.8) is 0 Å². The Morgan fingerprint density at radius 3 is 2.92 bits per heavy atom. The second-order valence-corrected chi connectivity index (χ2v) is 7.25. The van der Waals surface area contributed by atoms with Gasteiger partial charge in [-0.05, 0) is 38.2 Å². The Morgan fingerprint density at radius 2 is 2.17 bits per heavy atom. The zero-order valence-electron chi connectivity index (χ0n) is 14.0. The molecule has 2 saturated carbocycles. The molecule has 0 atom stereocenters. The number of anilines is 1. The lowest BCUT2D eigenvalue weighted by Crippen LogP contribution is -2.25. The van der Waals surface area contributed by atoms with Crippen LogP contribution in [0.15, 0.2) is 12.3 Å². The first-order valence-electron chi connectivity index (χ1n) is 9.08. The molecule has 0 bridgehead atoms. The predicted octanol–water partition coefficient (Wildman–Crippen LogP) is 3.28. The van der Waals surface area contributed by atoms with Crippen LogP contribution in [0.4, 0.5) is 5.69 Å². The fraction of sp³-hybridized carbons (Fsp3) is 0.556. The van der Waals surface area contributed by atoms with E-state index in [1.54, 1.807) is 0 Å². The van der Waals surface area contributed by atoms with Crippen LogP contribution in [0.25, 0.3) is 16.7 Å². The van der Waals surface area contributed by atoms with E-state index in [0.717, 1.165) is 52.9 Å². The Kier molecular flexibility index (Phi) is 3.10. The van der Waals surface area contributed by atoms with Crippen LogP contribution < -0.4 is 10.8 Å². The number of hydrogen-bond donors (Lipinski definition) is 3. The summed E-state index contributed by atoms with van der Waals surface area (Å²) in [6.45, 7) is 2.15. The molecule has 24 heavy (non-hydrogen) atoms. The minimum Gasteiger partial charge on any atom is -0.381 e. The van der Waals surface area contributed by atoms with Gasteiger partial charge in [-0.2, -0.15) is 5.10 Å². The Morgan fingerprint density at radius 1 is 1.33 bits per heavy atom. The molecule has 0 unspecified atom stereocenters. The van der Waals surface area contributed by atoms with Crippen molar-refractivity contribution in [1.82, 2.24) is 20.7 Å². The molecule has 6 nitrogen and oxygen atoms in total. The van der Waals surface area contributed by atoms with Gasteiger partial charge in [0.2, 0.25) is 0 Å². The second kappa shape index (κ2) is 5.21. The van der Waals surface area contributed by atoms with Gasteiger partial charge in [0.15, 0.2) is 5.65 Å². The van der Waals surface area contributed by atoms with E-state index in [2.05, 4.69) is 34.0 Å². The number of nitrogens with zero attached hydrogens (tertiary/aromatic N) is 2. The quantitative estimate of drug-likeness (QED) is 0.804. The van der Waals surface area contributed by atoms with Gasteiger partial charge in [0.25, 0.3) is 0 Å². The molecular weight excluding hydrogens is 302 g/mol. The number of fused-ring (bicyclic) bond motifs is 1. The minimum atomic E-state index is -0.122. The number of H-pyrrole nitrogens is 1. The van der Waals surface area contributed by atoms with Crippen molar-refractivity contribution in [2.75, 3.05) is 5.32 Å². The van der Waals surface area contributed by atoms with Gasteiger partial charge in [-0.1, -0.05) is 19.8 Å². The van der Waals surface area contributed by atoms with Crippen molar-refractivity contribution in [2.45, 2.75) is 63.5 Å². The highest BCUT2D eigenvalue weighted by atomic mass is 16.7. The summed E-state index contributed by atoms with van der Waals surface area (Å²) in [5.41, 5.74) is 8.39. The van der Waals surface area contributed by atoms with E-state index >= 15 is 0 Å². The van der Waals surface area contributed by atoms with Gasteiger partial charge in [-0.25, -0.2) is 4.98 Å². The molecule has 3 N–H and O–H groups in total. The third-order valence-corrected chi connectivity index (χ3v) is 5.43. The molecule has 2 fully saturated rings. The minimum absolute atomic E-state index is 0.122. The van der Waals surface area contributed by atoms with Gasteiger partial charge in [0.05, 0.1) is 28.7 Å². The molecule has 126 valence electrons. The lowest BCUT2D eigenvalue weighted by molar-refractivity contribution is -0.0289. The van der Waals surface area contributed by atoms with Crippen molar-refractivity contribution in [1.29, 1.82) is 0 Å². The maximum Gasteiger partial charge on any atom is 0.157 e. The van der Waals surface area contributed by atoms with E-state index in [-0.39, 0.29) is 5.60 Å². The van der Waals surface area contributed by atoms with E-state index in [4.69, 9.17) is 9.82 Å². The highest BCUT2D eigenvalue weighted by molar-refractivity contribution is 5.96. The van der Waals surface area contributed by atoms with Crippen LogP contribution in [0.2, 0.25) is 0 Å². The van der Waals surface area contributed by atoms with Crippen LogP contribution in [0.1, 0.15) is 56.7 Å². The van der Waals surface area contributed by atoms with Gasteiger partial charge >= 0.3 is 0 Å². The molecule has 2 aromatic rings. The van der Waals surface area contributed by atoms with E-state index in [9.17, 15) is 0 Å². The topological polar surface area (TPSA) is 74.9 Å². The molecule has 0 radical (unpaired) electrons. The normalized spacial score (nSPS) is 22.1. The molecule has 1 aliphatic heterocycles. The van der Waals surface area contributed by atoms with Gasteiger partial charge < -0.3 is 5.32 Å². The summed E-state index contributed by atoms with van der Waals surface area (Å²) in [5.74, 6) is 0. The fourth-order valence-electron chi connectivity index (χ4n) is 3.97. The first-order valence-corrected chi connectivity index (χ1v) is 9.08. The maximum atomic E-state index is 6.02. The smallest absolute Gasteiger partial charge is 0.157 e. The Hall–Kier alpha value is -2.08. The largest absolute Gasteiger partial charge is 0.381 e. The molecule has 1 spiro atoms. The van der Waals surface area contributed by atoms with Crippen LogP contribution in [-0.4, -0.2) is 26.8 Å². The summed E-state index contributed by atoms with van der Waals surface area (Å²) in [6, 6.07) is 0.567. The summed E-state index contributed by atoms with van der Waals surface area (Å²) in [4.78, 5) is 10.8. The molecule has 0 aromatic carbocycles. The third kappa shape index (κ3) is 2.20. The molecule has 2 aliphatic carbocycles. The number of aryl methyl sites for hydroxylation is 1. The van der Waals surface area contributed by atoms with Crippen LogP contribution in [0.3, 0.4) is 0 Å². The Balaban J connectivity index is 1.68. The zero-order valence-corrected chi connectivity index (χ0v) is 14.0. The van der Waals surface area contributed by atoms with Crippen molar-refractivity contribution < 1.29 is 4.84 Å². The summed E-state index contributed by atoms with van der Waals surface area (Å²) in [5, 5.41) is 12.0. The Labute approximate surface area is 141 Å². The summed E-state index contributed by atoms with van der Waals surface area (Å²) >= 11 is 0. The van der Waals surface area contributed by atoms with Crippen LogP contribution in [-0.2, 0) is 11.3 Å². The maximum absolute atomic E-state index is 6.02. The molecule has 6 heteroatoms. The molecule has 0 amide bonds. The highest BCUT2D eigenvalue weighted by Crippen LogP contribution is 2.43. The summed E-state index contributed by atoms with van der Waals surface area (Å²) in [6.07, 6.45) is 12.2. The lowest BCUT2D eigenvalue weighted by atomic mass is 9.97. The fourth-order valence-corrected chi connectivity index (χ4v) is 3.97. The lowest BCUT2D eigenvalue weighted by Gasteiger charge is -2.18. The summed E-state index contributed by atoms with van der Waals surface area (Å²) < 4.78 is 0. The zero-order chi connectivity index (χ0) is 16.1. The van der Waals surface area contributed by atoms with E-state index in [0.29, 0.717) is 6.04 Å². The van der Waals surface area contributed by atoms with Crippen LogP contribution in [0.5, 0.6) is 0 Å². The second-order valence-electron chi connectivity index (χ2n) is 7.25. The summed E-state index contributed by atoms with van der Waals surface area (Å²) in [7, 11) is 0. The molecule has 5 rings (SSSR count). The number of hydroxylamine groups is 1.